The Morgan fingerprint density at radius 1 is 1.20 bits per heavy atom. The predicted molar refractivity (Wildman–Crippen MR) is 91.3 cm³/mol. The number of nitrogens with one attached hydrogen (secondary N) is 2. The zero-order chi connectivity index (χ0) is 14.5. The molecule has 2 rings (SSSR count). The van der Waals surface area contributed by atoms with Gasteiger partial charge in [0.15, 0.2) is 5.11 Å². The van der Waals surface area contributed by atoms with Crippen LogP contribution in [0.15, 0.2) is 18.2 Å². The van der Waals surface area contributed by atoms with Crippen molar-refractivity contribution >= 4 is 23.0 Å². The van der Waals surface area contributed by atoms with Crippen LogP contribution in [0.25, 0.3) is 0 Å². The van der Waals surface area contributed by atoms with Crippen LogP contribution in [0.2, 0.25) is 0 Å². The lowest BCUT2D eigenvalue weighted by Crippen LogP contribution is -2.40. The molecule has 0 spiro atoms. The lowest BCUT2D eigenvalue weighted by molar-refractivity contribution is 0.306. The molecule has 0 amide bonds. The van der Waals surface area contributed by atoms with Crippen LogP contribution in [-0.4, -0.2) is 11.2 Å². The van der Waals surface area contributed by atoms with Gasteiger partial charge >= 0.3 is 0 Å². The first-order valence-corrected chi connectivity index (χ1v) is 8.14. The van der Waals surface area contributed by atoms with Crippen LogP contribution in [0, 0.1) is 19.8 Å². The quantitative estimate of drug-likeness (QED) is 0.798. The van der Waals surface area contributed by atoms with Gasteiger partial charge < -0.3 is 10.6 Å². The maximum atomic E-state index is 5.44. The van der Waals surface area contributed by atoms with Crippen molar-refractivity contribution in [2.75, 3.05) is 5.32 Å². The summed E-state index contributed by atoms with van der Waals surface area (Å²) in [5.41, 5.74) is 3.63. The highest BCUT2D eigenvalue weighted by Gasteiger charge is 2.20. The number of hydrogen-bond acceptors (Lipinski definition) is 1. The van der Waals surface area contributed by atoms with Crippen LogP contribution in [-0.2, 0) is 0 Å². The van der Waals surface area contributed by atoms with Crippen molar-refractivity contribution < 1.29 is 0 Å². The third kappa shape index (κ3) is 4.20. The van der Waals surface area contributed by atoms with E-state index in [0.29, 0.717) is 6.04 Å². The Balaban J connectivity index is 1.84. The molecule has 1 aliphatic carbocycles. The molecule has 0 bridgehead atoms. The van der Waals surface area contributed by atoms with E-state index in [-0.39, 0.29) is 0 Å². The van der Waals surface area contributed by atoms with E-state index in [4.69, 9.17) is 12.2 Å². The normalized spacial score (nSPS) is 22.4. The summed E-state index contributed by atoms with van der Waals surface area (Å²) in [7, 11) is 0. The molecule has 0 heterocycles. The Labute approximate surface area is 128 Å². The molecule has 1 saturated carbocycles. The molecule has 1 aromatic carbocycles. The summed E-state index contributed by atoms with van der Waals surface area (Å²) in [5, 5.41) is 7.57. The summed E-state index contributed by atoms with van der Waals surface area (Å²) in [5.74, 6) is 0.925. The summed E-state index contributed by atoms with van der Waals surface area (Å²) >= 11 is 5.44. The van der Waals surface area contributed by atoms with E-state index in [1.165, 1.54) is 43.2 Å². The molecule has 0 aliphatic heterocycles. The minimum atomic E-state index is 0.545. The van der Waals surface area contributed by atoms with Gasteiger partial charge in [0.25, 0.3) is 0 Å². The minimum absolute atomic E-state index is 0.545. The average molecular weight is 290 g/mol. The molecular weight excluding hydrogens is 264 g/mol. The molecule has 0 aromatic heterocycles. The van der Waals surface area contributed by atoms with E-state index in [1.54, 1.807) is 0 Å². The van der Waals surface area contributed by atoms with Gasteiger partial charge in [-0.1, -0.05) is 31.0 Å². The second-order valence-corrected chi connectivity index (χ2v) is 6.45. The van der Waals surface area contributed by atoms with Crippen molar-refractivity contribution in [2.45, 2.75) is 58.9 Å². The molecule has 2 nitrogen and oxygen atoms in total. The van der Waals surface area contributed by atoms with Gasteiger partial charge in [0, 0.05) is 11.7 Å². The highest BCUT2D eigenvalue weighted by atomic mass is 32.1. The molecule has 1 aliphatic rings. The number of hydrogen-bond donors (Lipinski definition) is 2. The lowest BCUT2D eigenvalue weighted by Gasteiger charge is -2.29. The molecule has 1 aromatic rings. The summed E-state index contributed by atoms with van der Waals surface area (Å²) < 4.78 is 0. The zero-order valence-corrected chi connectivity index (χ0v) is 13.6. The number of rotatable bonds is 3. The smallest absolute Gasteiger partial charge is 0.171 e. The molecule has 2 N–H and O–H groups in total. The van der Waals surface area contributed by atoms with Crippen LogP contribution in [0.5, 0.6) is 0 Å². The third-order valence-corrected chi connectivity index (χ3v) is 4.61. The molecule has 1 fully saturated rings. The summed E-state index contributed by atoms with van der Waals surface area (Å²) in [4.78, 5) is 0. The minimum Gasteiger partial charge on any atom is -0.360 e. The molecule has 0 saturated heterocycles. The van der Waals surface area contributed by atoms with Gasteiger partial charge in [-0.15, -0.1) is 0 Å². The first-order chi connectivity index (χ1) is 9.58. The highest BCUT2D eigenvalue weighted by Crippen LogP contribution is 2.26. The van der Waals surface area contributed by atoms with Crippen molar-refractivity contribution in [3.63, 3.8) is 0 Å². The van der Waals surface area contributed by atoms with Gasteiger partial charge in [-0.3, -0.25) is 0 Å². The van der Waals surface area contributed by atoms with E-state index in [0.717, 1.165) is 16.7 Å². The number of benzene rings is 1. The fraction of sp³-hybridized carbons (Fsp3) is 0.588. The highest BCUT2D eigenvalue weighted by molar-refractivity contribution is 7.80. The summed E-state index contributed by atoms with van der Waals surface area (Å²) in [6.07, 6.45) is 6.47. The molecule has 3 heteroatoms. The first kappa shape index (κ1) is 15.3. The zero-order valence-electron chi connectivity index (χ0n) is 12.8. The third-order valence-electron chi connectivity index (χ3n) is 4.39. The molecule has 20 heavy (non-hydrogen) atoms. The van der Waals surface area contributed by atoms with Gasteiger partial charge in [0.05, 0.1) is 0 Å². The SMILES string of the molecule is CCC1CCC(NC(=S)Nc2ccc(C)cc2C)CC1. The van der Waals surface area contributed by atoms with Crippen LogP contribution in [0.1, 0.15) is 50.2 Å². The standard InChI is InChI=1S/C17H26N2S/c1-4-14-6-8-15(9-7-14)18-17(20)19-16-10-5-12(2)11-13(16)3/h5,10-11,14-15H,4,6-9H2,1-3H3,(H2,18,19,20). The van der Waals surface area contributed by atoms with Gasteiger partial charge in [-0.05, 0) is 69.3 Å². The number of thiocarbonyl (C=S) groups is 1. The second kappa shape index (κ2) is 7.07. The van der Waals surface area contributed by atoms with E-state index in [2.05, 4.69) is 49.6 Å². The Morgan fingerprint density at radius 3 is 2.50 bits per heavy atom. The van der Waals surface area contributed by atoms with Crippen molar-refractivity contribution in [3.05, 3.63) is 29.3 Å². The van der Waals surface area contributed by atoms with Gasteiger partial charge in [-0.2, -0.15) is 0 Å². The van der Waals surface area contributed by atoms with Gasteiger partial charge in [0.1, 0.15) is 0 Å². The number of anilines is 1. The second-order valence-electron chi connectivity index (χ2n) is 6.04. The Morgan fingerprint density at radius 2 is 1.90 bits per heavy atom. The van der Waals surface area contributed by atoms with E-state index >= 15 is 0 Å². The Bertz CT molecular complexity index is 462. The van der Waals surface area contributed by atoms with E-state index in [1.807, 2.05) is 0 Å². The molecule has 0 radical (unpaired) electrons. The van der Waals surface area contributed by atoms with Crippen molar-refractivity contribution in [3.8, 4) is 0 Å². The maximum absolute atomic E-state index is 5.44. The largest absolute Gasteiger partial charge is 0.360 e. The summed E-state index contributed by atoms with van der Waals surface area (Å²) in [6, 6.07) is 6.94. The van der Waals surface area contributed by atoms with Crippen molar-refractivity contribution in [2.24, 2.45) is 5.92 Å². The maximum Gasteiger partial charge on any atom is 0.171 e. The van der Waals surface area contributed by atoms with Crippen molar-refractivity contribution in [1.82, 2.24) is 5.32 Å². The van der Waals surface area contributed by atoms with Crippen LogP contribution < -0.4 is 10.6 Å². The predicted octanol–water partition coefficient (Wildman–Crippen LogP) is 4.56. The molecule has 0 atom stereocenters. The fourth-order valence-electron chi connectivity index (χ4n) is 3.01. The van der Waals surface area contributed by atoms with Crippen LogP contribution >= 0.6 is 12.2 Å². The molecular formula is C17H26N2S. The lowest BCUT2D eigenvalue weighted by atomic mass is 9.85. The fourth-order valence-corrected chi connectivity index (χ4v) is 3.29. The van der Waals surface area contributed by atoms with E-state index in [9.17, 15) is 0 Å². The monoisotopic (exact) mass is 290 g/mol. The van der Waals surface area contributed by atoms with Gasteiger partial charge in [-0.25, -0.2) is 0 Å². The van der Waals surface area contributed by atoms with Crippen LogP contribution in [0.4, 0.5) is 5.69 Å². The topological polar surface area (TPSA) is 24.1 Å². The Kier molecular flexibility index (Phi) is 5.41. The average Bonchev–Trinajstić information content (AvgIpc) is 2.43. The van der Waals surface area contributed by atoms with E-state index < -0.39 is 0 Å². The Hall–Kier alpha value is -1.09. The molecule has 0 unspecified atom stereocenters. The summed E-state index contributed by atoms with van der Waals surface area (Å²) in [6.45, 7) is 6.52. The number of aryl methyl sites for hydroxylation is 2. The molecule has 110 valence electrons. The van der Waals surface area contributed by atoms with Crippen LogP contribution in [0.3, 0.4) is 0 Å². The van der Waals surface area contributed by atoms with Crippen molar-refractivity contribution in [1.29, 1.82) is 0 Å². The van der Waals surface area contributed by atoms with Gasteiger partial charge in [0.2, 0.25) is 0 Å². The first-order valence-electron chi connectivity index (χ1n) is 7.73.